The van der Waals surface area contributed by atoms with Crippen LogP contribution in [0.25, 0.3) is 0 Å². The number of nitrogens with one attached hydrogen (secondary N) is 1. The molecule has 3 nitrogen and oxygen atoms in total. The minimum Gasteiger partial charge on any atom is -0.497 e. The quantitative estimate of drug-likeness (QED) is 0.851. The third kappa shape index (κ3) is 4.31. The molecule has 0 atom stereocenters. The summed E-state index contributed by atoms with van der Waals surface area (Å²) in [4.78, 5) is 12.9. The summed E-state index contributed by atoms with van der Waals surface area (Å²) in [7, 11) is 1.64. The Balaban J connectivity index is 1.83. The lowest BCUT2D eigenvalue weighted by Crippen LogP contribution is -2.13. The maximum absolute atomic E-state index is 11.8. The fraction of sp³-hybridized carbons (Fsp3) is 0.188. The molecule has 0 aliphatic carbocycles. The van der Waals surface area contributed by atoms with E-state index in [0.29, 0.717) is 5.75 Å². The Bertz CT molecular complexity index is 564. The number of carbonyl (C=O) groups is 1. The van der Waals surface area contributed by atoms with Crippen LogP contribution in [0.5, 0.6) is 5.75 Å². The van der Waals surface area contributed by atoms with Crippen molar-refractivity contribution < 1.29 is 9.53 Å². The Hall–Kier alpha value is -1.94. The highest BCUT2D eigenvalue weighted by molar-refractivity contribution is 8.00. The predicted molar refractivity (Wildman–Crippen MR) is 83.5 cm³/mol. The van der Waals surface area contributed by atoms with E-state index in [4.69, 9.17) is 4.74 Å². The molecule has 0 saturated carbocycles. The maximum Gasteiger partial charge on any atom is 0.234 e. The minimum absolute atomic E-state index is 0.00493. The number of amides is 1. The second-order valence-electron chi connectivity index (χ2n) is 4.38. The maximum atomic E-state index is 11.8. The number of hydrogen-bond acceptors (Lipinski definition) is 3. The van der Waals surface area contributed by atoms with E-state index in [0.717, 1.165) is 16.3 Å². The first-order valence-electron chi connectivity index (χ1n) is 6.31. The van der Waals surface area contributed by atoms with Crippen LogP contribution in [0.1, 0.15) is 5.56 Å². The highest BCUT2D eigenvalue weighted by Crippen LogP contribution is 2.21. The highest BCUT2D eigenvalue weighted by Gasteiger charge is 2.04. The fourth-order valence-corrected chi connectivity index (χ4v) is 2.35. The van der Waals surface area contributed by atoms with Crippen molar-refractivity contribution in [1.82, 2.24) is 0 Å². The number of hydrogen-bond donors (Lipinski definition) is 1. The van der Waals surface area contributed by atoms with Crippen molar-refractivity contribution in [3.8, 4) is 5.75 Å². The van der Waals surface area contributed by atoms with Crippen LogP contribution >= 0.6 is 11.8 Å². The zero-order chi connectivity index (χ0) is 14.4. The van der Waals surface area contributed by atoms with Gasteiger partial charge in [-0.3, -0.25) is 4.79 Å². The van der Waals surface area contributed by atoms with Gasteiger partial charge >= 0.3 is 0 Å². The van der Waals surface area contributed by atoms with Crippen LogP contribution in [0, 0.1) is 6.92 Å². The molecule has 1 N–H and O–H groups in total. The number of anilines is 1. The Kier molecular flexibility index (Phi) is 5.07. The first-order valence-corrected chi connectivity index (χ1v) is 7.29. The normalized spacial score (nSPS) is 10.1. The smallest absolute Gasteiger partial charge is 0.234 e. The van der Waals surface area contributed by atoms with E-state index in [9.17, 15) is 4.79 Å². The van der Waals surface area contributed by atoms with Crippen LogP contribution < -0.4 is 10.1 Å². The molecule has 0 aliphatic heterocycles. The summed E-state index contributed by atoms with van der Waals surface area (Å²) in [6.07, 6.45) is 0. The first kappa shape index (κ1) is 14.5. The molecule has 2 aromatic rings. The number of aryl methyl sites for hydroxylation is 1. The average molecular weight is 287 g/mol. The monoisotopic (exact) mass is 287 g/mol. The summed E-state index contributed by atoms with van der Waals surface area (Å²) < 4.78 is 5.09. The molecule has 0 bridgehead atoms. The molecule has 1 amide bonds. The van der Waals surface area contributed by atoms with Crippen LogP contribution in [-0.4, -0.2) is 18.8 Å². The van der Waals surface area contributed by atoms with Crippen LogP contribution in [0.15, 0.2) is 53.4 Å². The van der Waals surface area contributed by atoms with Crippen LogP contribution in [0.4, 0.5) is 5.69 Å². The lowest BCUT2D eigenvalue weighted by molar-refractivity contribution is -0.113. The summed E-state index contributed by atoms with van der Waals surface area (Å²) in [5.41, 5.74) is 2.01. The molecule has 2 aromatic carbocycles. The molecular formula is C16H17NO2S. The zero-order valence-corrected chi connectivity index (χ0v) is 12.4. The van der Waals surface area contributed by atoms with Crippen molar-refractivity contribution in [2.75, 3.05) is 18.2 Å². The van der Waals surface area contributed by atoms with Gasteiger partial charge in [0.25, 0.3) is 0 Å². The lowest BCUT2D eigenvalue weighted by Gasteiger charge is -2.06. The Morgan fingerprint density at radius 2 is 1.75 bits per heavy atom. The number of benzene rings is 2. The molecule has 0 aliphatic rings. The standard InChI is InChI=1S/C16H17NO2S/c1-12-3-5-13(6-4-12)17-16(18)11-20-15-9-7-14(19-2)8-10-15/h3-10H,11H2,1-2H3,(H,17,18). The van der Waals surface area contributed by atoms with E-state index in [-0.39, 0.29) is 5.91 Å². The molecule has 20 heavy (non-hydrogen) atoms. The lowest BCUT2D eigenvalue weighted by atomic mass is 10.2. The number of carbonyl (C=O) groups excluding carboxylic acids is 1. The average Bonchev–Trinajstić information content (AvgIpc) is 2.48. The van der Waals surface area contributed by atoms with Gasteiger partial charge < -0.3 is 10.1 Å². The molecule has 0 saturated heterocycles. The SMILES string of the molecule is COc1ccc(SCC(=O)Nc2ccc(C)cc2)cc1. The minimum atomic E-state index is -0.00493. The zero-order valence-electron chi connectivity index (χ0n) is 11.6. The Morgan fingerprint density at radius 3 is 2.35 bits per heavy atom. The van der Waals surface area contributed by atoms with Crippen molar-refractivity contribution in [1.29, 1.82) is 0 Å². The van der Waals surface area contributed by atoms with E-state index >= 15 is 0 Å². The molecule has 0 heterocycles. The topological polar surface area (TPSA) is 38.3 Å². The van der Waals surface area contributed by atoms with E-state index in [2.05, 4.69) is 5.32 Å². The number of thioether (sulfide) groups is 1. The van der Waals surface area contributed by atoms with Gasteiger partial charge in [0.15, 0.2) is 0 Å². The van der Waals surface area contributed by atoms with Crippen LogP contribution in [0.3, 0.4) is 0 Å². The molecule has 104 valence electrons. The summed E-state index contributed by atoms with van der Waals surface area (Å²) in [6, 6.07) is 15.4. The van der Waals surface area contributed by atoms with E-state index in [1.165, 1.54) is 17.3 Å². The second kappa shape index (κ2) is 7.01. The van der Waals surface area contributed by atoms with Gasteiger partial charge in [-0.25, -0.2) is 0 Å². The van der Waals surface area contributed by atoms with Crippen molar-refractivity contribution in [2.45, 2.75) is 11.8 Å². The van der Waals surface area contributed by atoms with E-state index < -0.39 is 0 Å². The third-order valence-electron chi connectivity index (χ3n) is 2.76. The molecule has 0 unspecified atom stereocenters. The van der Waals surface area contributed by atoms with E-state index in [1.807, 2.05) is 55.5 Å². The number of methoxy groups -OCH3 is 1. The Morgan fingerprint density at radius 1 is 1.10 bits per heavy atom. The predicted octanol–water partition coefficient (Wildman–Crippen LogP) is 3.73. The third-order valence-corrected chi connectivity index (χ3v) is 3.78. The molecule has 0 spiro atoms. The van der Waals surface area contributed by atoms with Crippen LogP contribution in [0.2, 0.25) is 0 Å². The van der Waals surface area contributed by atoms with Gasteiger partial charge in [-0.05, 0) is 43.3 Å². The van der Waals surface area contributed by atoms with Gasteiger partial charge in [0.05, 0.1) is 12.9 Å². The largest absolute Gasteiger partial charge is 0.497 e. The molecule has 2 rings (SSSR count). The van der Waals surface area contributed by atoms with E-state index in [1.54, 1.807) is 7.11 Å². The molecule has 4 heteroatoms. The van der Waals surface area contributed by atoms with Crippen molar-refractivity contribution in [3.63, 3.8) is 0 Å². The molecule has 0 fully saturated rings. The van der Waals surface area contributed by atoms with Gasteiger partial charge in [-0.15, -0.1) is 11.8 Å². The van der Waals surface area contributed by atoms with Crippen LogP contribution in [-0.2, 0) is 4.79 Å². The van der Waals surface area contributed by atoms with Crippen molar-refractivity contribution in [2.24, 2.45) is 0 Å². The van der Waals surface area contributed by atoms with Gasteiger partial charge in [0.1, 0.15) is 5.75 Å². The van der Waals surface area contributed by atoms with Gasteiger partial charge in [0, 0.05) is 10.6 Å². The van der Waals surface area contributed by atoms with Crippen molar-refractivity contribution in [3.05, 3.63) is 54.1 Å². The molecule has 0 radical (unpaired) electrons. The second-order valence-corrected chi connectivity index (χ2v) is 5.43. The van der Waals surface area contributed by atoms with Gasteiger partial charge in [-0.1, -0.05) is 17.7 Å². The fourth-order valence-electron chi connectivity index (χ4n) is 1.65. The van der Waals surface area contributed by atoms with Gasteiger partial charge in [0.2, 0.25) is 5.91 Å². The molecule has 0 aromatic heterocycles. The number of ether oxygens (including phenoxy) is 1. The van der Waals surface area contributed by atoms with Gasteiger partial charge in [-0.2, -0.15) is 0 Å². The highest BCUT2D eigenvalue weighted by atomic mass is 32.2. The summed E-state index contributed by atoms with van der Waals surface area (Å²) >= 11 is 1.50. The summed E-state index contributed by atoms with van der Waals surface area (Å²) in [6.45, 7) is 2.02. The Labute approximate surface area is 123 Å². The first-order chi connectivity index (χ1) is 9.67. The summed E-state index contributed by atoms with van der Waals surface area (Å²) in [5, 5.41) is 2.88. The van der Waals surface area contributed by atoms with Crippen molar-refractivity contribution >= 4 is 23.4 Å². The number of rotatable bonds is 5. The molecular weight excluding hydrogens is 270 g/mol. The summed E-state index contributed by atoms with van der Waals surface area (Å²) in [5.74, 6) is 1.20.